The number of nitrogens with zero attached hydrogens (tertiary/aromatic N) is 8. The number of anilines is 1. The zero-order chi connectivity index (χ0) is 16.7. The maximum absolute atomic E-state index is 5.56. The van der Waals surface area contributed by atoms with Crippen LogP contribution in [0, 0.1) is 6.92 Å². The van der Waals surface area contributed by atoms with Gasteiger partial charge in [0, 0.05) is 40.2 Å². The van der Waals surface area contributed by atoms with Gasteiger partial charge in [0.2, 0.25) is 11.8 Å². The van der Waals surface area contributed by atoms with Crippen molar-refractivity contribution in [2.45, 2.75) is 19.9 Å². The molecule has 0 bridgehead atoms. The van der Waals surface area contributed by atoms with Crippen LogP contribution >= 0.6 is 0 Å². The van der Waals surface area contributed by atoms with Crippen LogP contribution in [0.5, 0.6) is 0 Å². The molecule has 1 atom stereocenters. The molecule has 1 fully saturated rings. The molecular formula is C15H20N8O. The summed E-state index contributed by atoms with van der Waals surface area (Å²) >= 11 is 0. The molecule has 4 rings (SSSR count). The zero-order valence-corrected chi connectivity index (χ0v) is 14.0. The van der Waals surface area contributed by atoms with Crippen molar-refractivity contribution in [3.8, 4) is 0 Å². The highest BCUT2D eigenvalue weighted by Gasteiger charge is 2.26. The minimum atomic E-state index is 0.122. The number of piperazine rings is 1. The minimum absolute atomic E-state index is 0.122. The van der Waals surface area contributed by atoms with Crippen molar-refractivity contribution in [1.82, 2.24) is 34.8 Å². The molecule has 0 aliphatic carbocycles. The second-order valence-corrected chi connectivity index (χ2v) is 6.06. The summed E-state index contributed by atoms with van der Waals surface area (Å²) in [6.07, 6.45) is 3.44. The van der Waals surface area contributed by atoms with Crippen molar-refractivity contribution in [2.75, 3.05) is 31.1 Å². The Kier molecular flexibility index (Phi) is 3.64. The Morgan fingerprint density at radius 3 is 2.62 bits per heavy atom. The highest BCUT2D eigenvalue weighted by atomic mass is 16.4. The van der Waals surface area contributed by atoms with E-state index in [9.17, 15) is 0 Å². The van der Waals surface area contributed by atoms with Crippen LogP contribution in [0.2, 0.25) is 0 Å². The van der Waals surface area contributed by atoms with Crippen molar-refractivity contribution in [3.63, 3.8) is 0 Å². The number of rotatable bonds is 3. The number of hydrogen-bond acceptors (Lipinski definition) is 8. The van der Waals surface area contributed by atoms with Gasteiger partial charge in [0.1, 0.15) is 12.1 Å². The second kappa shape index (κ2) is 5.82. The van der Waals surface area contributed by atoms with Crippen LogP contribution in [0.4, 0.5) is 5.82 Å². The Bertz CT molecular complexity index is 848. The highest BCUT2D eigenvalue weighted by molar-refractivity contribution is 5.86. The van der Waals surface area contributed by atoms with Gasteiger partial charge < -0.3 is 9.32 Å². The van der Waals surface area contributed by atoms with Crippen LogP contribution in [-0.2, 0) is 7.05 Å². The number of aromatic nitrogens is 6. The molecule has 0 aromatic carbocycles. The quantitative estimate of drug-likeness (QED) is 0.702. The molecule has 0 radical (unpaired) electrons. The molecule has 24 heavy (non-hydrogen) atoms. The molecule has 1 unspecified atom stereocenters. The van der Waals surface area contributed by atoms with Crippen LogP contribution in [0.25, 0.3) is 11.0 Å². The maximum atomic E-state index is 5.56. The van der Waals surface area contributed by atoms with Gasteiger partial charge in [-0.05, 0) is 6.92 Å². The molecule has 1 aliphatic rings. The van der Waals surface area contributed by atoms with Crippen molar-refractivity contribution >= 4 is 16.9 Å². The predicted molar refractivity (Wildman–Crippen MR) is 87.5 cm³/mol. The van der Waals surface area contributed by atoms with Crippen LogP contribution in [0.1, 0.15) is 24.7 Å². The molecule has 3 aromatic heterocycles. The van der Waals surface area contributed by atoms with Crippen molar-refractivity contribution in [1.29, 1.82) is 0 Å². The fourth-order valence-corrected chi connectivity index (χ4v) is 3.16. The zero-order valence-electron chi connectivity index (χ0n) is 14.0. The summed E-state index contributed by atoms with van der Waals surface area (Å²) in [6.45, 7) is 7.52. The van der Waals surface area contributed by atoms with Gasteiger partial charge in [-0.15, -0.1) is 10.2 Å². The monoisotopic (exact) mass is 328 g/mol. The van der Waals surface area contributed by atoms with E-state index < -0.39 is 0 Å². The summed E-state index contributed by atoms with van der Waals surface area (Å²) in [5, 5.41) is 13.3. The van der Waals surface area contributed by atoms with Gasteiger partial charge in [-0.25, -0.2) is 9.97 Å². The van der Waals surface area contributed by atoms with Gasteiger partial charge in [-0.2, -0.15) is 5.10 Å². The van der Waals surface area contributed by atoms with E-state index in [1.807, 2.05) is 20.2 Å². The first-order valence-electron chi connectivity index (χ1n) is 8.05. The lowest BCUT2D eigenvalue weighted by Gasteiger charge is -2.37. The lowest BCUT2D eigenvalue weighted by Crippen LogP contribution is -2.47. The van der Waals surface area contributed by atoms with E-state index in [1.165, 1.54) is 0 Å². The first-order valence-corrected chi connectivity index (χ1v) is 8.05. The van der Waals surface area contributed by atoms with Gasteiger partial charge in [-0.3, -0.25) is 9.58 Å². The lowest BCUT2D eigenvalue weighted by molar-refractivity contribution is 0.172. The van der Waals surface area contributed by atoms with Gasteiger partial charge in [0.15, 0.2) is 5.65 Å². The topological polar surface area (TPSA) is 89.0 Å². The van der Waals surface area contributed by atoms with E-state index >= 15 is 0 Å². The number of aryl methyl sites for hydroxylation is 2. The third-order valence-corrected chi connectivity index (χ3v) is 4.57. The summed E-state index contributed by atoms with van der Waals surface area (Å²) in [5.74, 6) is 2.24. The SMILES string of the molecule is Cc1nnc(C(C)N2CCN(c3ncnc4c3cnn4C)CC2)o1. The average molecular weight is 328 g/mol. The average Bonchev–Trinajstić information content (AvgIpc) is 3.21. The van der Waals surface area contributed by atoms with Crippen LogP contribution < -0.4 is 4.90 Å². The van der Waals surface area contributed by atoms with Gasteiger partial charge in [0.05, 0.1) is 17.6 Å². The third-order valence-electron chi connectivity index (χ3n) is 4.57. The fraction of sp³-hybridized carbons (Fsp3) is 0.533. The molecule has 126 valence electrons. The van der Waals surface area contributed by atoms with Crippen molar-refractivity contribution in [2.24, 2.45) is 7.05 Å². The molecule has 0 N–H and O–H groups in total. The number of fused-ring (bicyclic) bond motifs is 1. The molecule has 1 aliphatic heterocycles. The minimum Gasteiger partial charge on any atom is -0.424 e. The molecule has 0 saturated carbocycles. The van der Waals surface area contributed by atoms with Crippen LogP contribution in [0.15, 0.2) is 16.9 Å². The van der Waals surface area contributed by atoms with Crippen molar-refractivity contribution < 1.29 is 4.42 Å². The third kappa shape index (κ3) is 2.50. The molecule has 0 spiro atoms. The molecule has 4 heterocycles. The smallest absolute Gasteiger partial charge is 0.233 e. The van der Waals surface area contributed by atoms with E-state index in [2.05, 4.69) is 42.0 Å². The van der Waals surface area contributed by atoms with E-state index in [0.29, 0.717) is 11.8 Å². The van der Waals surface area contributed by atoms with E-state index in [1.54, 1.807) is 11.0 Å². The fourth-order valence-electron chi connectivity index (χ4n) is 3.16. The molecule has 9 nitrogen and oxygen atoms in total. The summed E-state index contributed by atoms with van der Waals surface area (Å²) < 4.78 is 7.34. The Hall–Kier alpha value is -2.55. The summed E-state index contributed by atoms with van der Waals surface area (Å²) in [7, 11) is 1.89. The van der Waals surface area contributed by atoms with Crippen LogP contribution in [-0.4, -0.2) is 61.0 Å². The normalized spacial score (nSPS) is 17.5. The molecular weight excluding hydrogens is 308 g/mol. The number of hydrogen-bond donors (Lipinski definition) is 0. The van der Waals surface area contributed by atoms with E-state index in [0.717, 1.165) is 43.0 Å². The Morgan fingerprint density at radius 2 is 1.92 bits per heavy atom. The largest absolute Gasteiger partial charge is 0.424 e. The Labute approximate surface area is 139 Å². The second-order valence-electron chi connectivity index (χ2n) is 6.06. The summed E-state index contributed by atoms with van der Waals surface area (Å²) in [5.41, 5.74) is 0.858. The molecule has 9 heteroatoms. The lowest BCUT2D eigenvalue weighted by atomic mass is 10.2. The van der Waals surface area contributed by atoms with Gasteiger partial charge in [0.25, 0.3) is 0 Å². The summed E-state index contributed by atoms with van der Waals surface area (Å²) in [4.78, 5) is 13.4. The Balaban J connectivity index is 1.49. The van der Waals surface area contributed by atoms with Crippen molar-refractivity contribution in [3.05, 3.63) is 24.3 Å². The van der Waals surface area contributed by atoms with E-state index in [-0.39, 0.29) is 6.04 Å². The van der Waals surface area contributed by atoms with E-state index in [4.69, 9.17) is 4.42 Å². The first kappa shape index (κ1) is 15.0. The predicted octanol–water partition coefficient (Wildman–Crippen LogP) is 0.938. The van der Waals surface area contributed by atoms with Crippen LogP contribution in [0.3, 0.4) is 0 Å². The molecule has 1 saturated heterocycles. The summed E-state index contributed by atoms with van der Waals surface area (Å²) in [6, 6.07) is 0.122. The molecule has 0 amide bonds. The molecule has 3 aromatic rings. The van der Waals surface area contributed by atoms with Gasteiger partial charge in [-0.1, -0.05) is 0 Å². The van der Waals surface area contributed by atoms with Gasteiger partial charge >= 0.3 is 0 Å². The maximum Gasteiger partial charge on any atom is 0.233 e. The highest BCUT2D eigenvalue weighted by Crippen LogP contribution is 2.26. The standard InChI is InChI=1S/C15H20N8O/c1-10(15-20-19-11(2)24-15)22-4-6-23(7-5-22)14-12-8-18-21(3)13(12)16-9-17-14/h8-10H,4-7H2,1-3H3. The first-order chi connectivity index (χ1) is 11.6. The Morgan fingerprint density at radius 1 is 1.12 bits per heavy atom.